The summed E-state index contributed by atoms with van der Waals surface area (Å²) < 4.78 is 74.8. The fourth-order valence-corrected chi connectivity index (χ4v) is 5.61. The molecule has 0 aliphatic carbocycles. The number of likely N-dealkylation sites (tertiary alicyclic amines) is 1. The normalized spacial score (nSPS) is 17.6. The molecule has 1 aromatic carbocycles. The Kier molecular flexibility index (Phi) is 10.4. The van der Waals surface area contributed by atoms with E-state index >= 15 is 0 Å². The third-order valence-corrected chi connectivity index (χ3v) is 8.23. The quantitative estimate of drug-likeness (QED) is 0.323. The van der Waals surface area contributed by atoms with E-state index in [2.05, 4.69) is 37.3 Å². The van der Waals surface area contributed by atoms with Crippen molar-refractivity contribution in [3.05, 3.63) is 41.7 Å². The van der Waals surface area contributed by atoms with Crippen LogP contribution in [0, 0.1) is 17.8 Å². The number of hydrogen-bond donors (Lipinski definition) is 2. The lowest BCUT2D eigenvalue weighted by atomic mass is 9.93. The van der Waals surface area contributed by atoms with Gasteiger partial charge in [-0.15, -0.1) is 0 Å². The van der Waals surface area contributed by atoms with Crippen LogP contribution in [-0.2, 0) is 21.1 Å². The first kappa shape index (κ1) is 33.0. The molecule has 15 heteroatoms. The maximum Gasteiger partial charge on any atom is 0.406 e. The number of carbonyl (C=O) groups is 1. The number of piperidine rings is 1. The molecule has 1 aliphatic heterocycles. The molecule has 2 aromatic heterocycles. The van der Waals surface area contributed by atoms with Gasteiger partial charge in [0.25, 0.3) is 5.91 Å². The summed E-state index contributed by atoms with van der Waals surface area (Å²) in [5, 5.41) is 5.90. The van der Waals surface area contributed by atoms with Crippen LogP contribution in [0.1, 0.15) is 29.3 Å². The summed E-state index contributed by atoms with van der Waals surface area (Å²) in [5.41, 5.74) is 1.15. The number of ether oxygens (including phenoxy) is 2. The van der Waals surface area contributed by atoms with Crippen molar-refractivity contribution >= 4 is 32.5 Å². The highest BCUT2D eigenvalue weighted by atomic mass is 32.2. The molecule has 0 radical (unpaired) electrons. The largest absolute Gasteiger partial charge is 0.479 e. The zero-order valence-electron chi connectivity index (χ0n) is 24.9. The smallest absolute Gasteiger partial charge is 0.406 e. The van der Waals surface area contributed by atoms with E-state index in [0.717, 1.165) is 43.2 Å². The highest BCUT2D eigenvalue weighted by Gasteiger charge is 2.31. The summed E-state index contributed by atoms with van der Waals surface area (Å²) in [6, 6.07) is 5.70. The lowest BCUT2D eigenvalue weighted by Gasteiger charge is -2.37. The molecule has 0 bridgehead atoms. The number of halogens is 3. The molecule has 0 unspecified atom stereocenters. The van der Waals surface area contributed by atoms with Gasteiger partial charge in [0.2, 0.25) is 5.88 Å². The molecule has 0 saturated carbocycles. The number of nitrogens with zero attached hydrogens (tertiary/aromatic N) is 4. The Hall–Kier alpha value is -3.87. The maximum atomic E-state index is 13.5. The van der Waals surface area contributed by atoms with Crippen LogP contribution in [0.25, 0.3) is 11.0 Å². The second-order valence-electron chi connectivity index (χ2n) is 10.7. The van der Waals surface area contributed by atoms with Gasteiger partial charge in [-0.2, -0.15) is 18.2 Å². The Morgan fingerprint density at radius 3 is 2.66 bits per heavy atom. The van der Waals surface area contributed by atoms with E-state index in [1.165, 1.54) is 31.4 Å². The number of fused-ring (bicyclic) bond motifs is 1. The molecule has 2 atom stereocenters. The second kappa shape index (κ2) is 13.8. The number of imidazole rings is 1. The fraction of sp³-hybridized carbons (Fsp3) is 0.483. The van der Waals surface area contributed by atoms with Gasteiger partial charge in [-0.1, -0.05) is 18.8 Å². The Morgan fingerprint density at radius 1 is 1.23 bits per heavy atom. The number of hydrogen-bond acceptors (Lipinski definition) is 9. The predicted molar refractivity (Wildman–Crippen MR) is 158 cm³/mol. The molecule has 4 rings (SSSR count). The Labute approximate surface area is 254 Å². The zero-order valence-corrected chi connectivity index (χ0v) is 25.7. The number of amides is 1. The standard InChI is InChI=1S/C29H35F3N6O5S/c1-19-16-37(12-13-42-2)11-9-22(19)35-27(39)21-14-20(15-24-26(21)34-18-38(24)17-29(30,31)32)6-5-10-33-23-7-8-25(44(4,40)41)36-28(23)43-3/h7-8,14-15,18-19,22,33H,9-13,16-17H2,1-4H3,(H,35,39)/t19-,22-/m0/s1. The van der Waals surface area contributed by atoms with E-state index in [1.807, 2.05) is 6.92 Å². The van der Waals surface area contributed by atoms with Gasteiger partial charge in [0.15, 0.2) is 14.9 Å². The summed E-state index contributed by atoms with van der Waals surface area (Å²) in [4.78, 5) is 23.9. The summed E-state index contributed by atoms with van der Waals surface area (Å²) in [7, 11) is -0.535. The van der Waals surface area contributed by atoms with Gasteiger partial charge in [-0.05, 0) is 36.6 Å². The van der Waals surface area contributed by atoms with Gasteiger partial charge in [-0.3, -0.25) is 4.79 Å². The van der Waals surface area contributed by atoms with E-state index < -0.39 is 28.5 Å². The molecule has 1 fully saturated rings. The summed E-state index contributed by atoms with van der Waals surface area (Å²) >= 11 is 0. The first-order chi connectivity index (χ1) is 20.8. The number of alkyl halides is 3. The van der Waals surface area contributed by atoms with Gasteiger partial charge in [0.05, 0.1) is 43.4 Å². The van der Waals surface area contributed by atoms with Crippen molar-refractivity contribution < 1.29 is 35.9 Å². The average molecular weight is 637 g/mol. The Balaban J connectivity index is 1.57. The van der Waals surface area contributed by atoms with Crippen LogP contribution in [0.15, 0.2) is 35.6 Å². The van der Waals surface area contributed by atoms with Crippen LogP contribution in [-0.4, -0.2) is 99.2 Å². The topological polar surface area (TPSA) is 128 Å². The van der Waals surface area contributed by atoms with E-state index in [-0.39, 0.29) is 46.0 Å². The van der Waals surface area contributed by atoms with Crippen LogP contribution in [0.2, 0.25) is 0 Å². The molecule has 1 aliphatic rings. The van der Waals surface area contributed by atoms with E-state index in [0.29, 0.717) is 17.9 Å². The van der Waals surface area contributed by atoms with Gasteiger partial charge >= 0.3 is 6.18 Å². The highest BCUT2D eigenvalue weighted by Crippen LogP contribution is 2.26. The number of aromatic nitrogens is 3. The monoisotopic (exact) mass is 636 g/mol. The maximum absolute atomic E-state index is 13.5. The number of rotatable bonds is 10. The van der Waals surface area contributed by atoms with E-state index in [9.17, 15) is 26.4 Å². The number of anilines is 1. The van der Waals surface area contributed by atoms with Gasteiger partial charge in [-0.25, -0.2) is 13.4 Å². The molecule has 44 heavy (non-hydrogen) atoms. The first-order valence-corrected chi connectivity index (χ1v) is 15.7. The van der Waals surface area contributed by atoms with Crippen LogP contribution in [0.4, 0.5) is 18.9 Å². The van der Waals surface area contributed by atoms with Crippen LogP contribution < -0.4 is 15.4 Å². The van der Waals surface area contributed by atoms with Crippen molar-refractivity contribution in [1.29, 1.82) is 0 Å². The second-order valence-corrected chi connectivity index (χ2v) is 12.6. The number of sulfone groups is 1. The Morgan fingerprint density at radius 2 is 2.00 bits per heavy atom. The highest BCUT2D eigenvalue weighted by molar-refractivity contribution is 7.90. The fourth-order valence-electron chi connectivity index (χ4n) is 5.05. The van der Waals surface area contributed by atoms with E-state index in [4.69, 9.17) is 9.47 Å². The van der Waals surface area contributed by atoms with Gasteiger partial charge in [0.1, 0.15) is 12.1 Å². The SMILES string of the molecule is COCCN1CC[C@H](NC(=O)c2cc(C#CCNc3ccc(S(C)(=O)=O)nc3OC)cc3c2ncn3CC(F)(F)F)[C@@H](C)C1. The van der Waals surface area contributed by atoms with Crippen molar-refractivity contribution in [1.82, 2.24) is 24.8 Å². The van der Waals surface area contributed by atoms with Gasteiger partial charge < -0.3 is 29.6 Å². The molecule has 3 aromatic rings. The zero-order chi connectivity index (χ0) is 32.1. The van der Waals surface area contributed by atoms with Crippen LogP contribution in [0.3, 0.4) is 0 Å². The molecule has 238 valence electrons. The van der Waals surface area contributed by atoms with Crippen LogP contribution >= 0.6 is 0 Å². The van der Waals surface area contributed by atoms with Crippen molar-refractivity contribution in [2.45, 2.75) is 37.1 Å². The molecule has 0 spiro atoms. The molecule has 1 amide bonds. The summed E-state index contributed by atoms with van der Waals surface area (Å²) in [6.07, 6.45) is -1.67. The van der Waals surface area contributed by atoms with Crippen molar-refractivity contribution in [3.63, 3.8) is 0 Å². The third kappa shape index (κ3) is 8.40. The summed E-state index contributed by atoms with van der Waals surface area (Å²) in [5.74, 6) is 5.56. The minimum Gasteiger partial charge on any atom is -0.479 e. The van der Waals surface area contributed by atoms with Crippen molar-refractivity contribution in [2.24, 2.45) is 5.92 Å². The van der Waals surface area contributed by atoms with Crippen LogP contribution in [0.5, 0.6) is 5.88 Å². The molecule has 3 heterocycles. The first-order valence-electron chi connectivity index (χ1n) is 13.8. The lowest BCUT2D eigenvalue weighted by molar-refractivity contribution is -0.139. The molecule has 2 N–H and O–H groups in total. The molecular formula is C29H35F3N6O5S. The number of methoxy groups -OCH3 is 2. The third-order valence-electron chi connectivity index (χ3n) is 7.25. The van der Waals surface area contributed by atoms with Crippen molar-refractivity contribution in [2.75, 3.05) is 58.6 Å². The number of nitrogens with one attached hydrogen (secondary N) is 2. The minimum atomic E-state index is -4.49. The average Bonchev–Trinajstić information content (AvgIpc) is 3.35. The Bertz CT molecular complexity index is 1670. The molecule has 1 saturated heterocycles. The number of pyridine rings is 1. The molecular weight excluding hydrogens is 601 g/mol. The molecule has 11 nitrogen and oxygen atoms in total. The predicted octanol–water partition coefficient (Wildman–Crippen LogP) is 2.96. The number of benzene rings is 1. The lowest BCUT2D eigenvalue weighted by Crippen LogP contribution is -2.50. The summed E-state index contributed by atoms with van der Waals surface area (Å²) in [6.45, 7) is 3.82. The van der Waals surface area contributed by atoms with Crippen molar-refractivity contribution in [3.8, 4) is 17.7 Å². The minimum absolute atomic E-state index is 0.0601. The van der Waals surface area contributed by atoms with Gasteiger partial charge in [0, 0.05) is 44.6 Å². The number of carbonyl (C=O) groups excluding carboxylic acids is 1. The van der Waals surface area contributed by atoms with E-state index in [1.54, 1.807) is 7.11 Å².